The highest BCUT2D eigenvalue weighted by Gasteiger charge is 2.10. The summed E-state index contributed by atoms with van der Waals surface area (Å²) in [5.41, 5.74) is 2.30. The number of hydrogen-bond donors (Lipinski definition) is 0. The number of imidazole rings is 1. The van der Waals surface area contributed by atoms with E-state index in [9.17, 15) is 0 Å². The number of rotatable bonds is 9. The Hall–Kier alpha value is -2.10. The average Bonchev–Trinajstić information content (AvgIpc) is 2.92. The van der Waals surface area contributed by atoms with Crippen molar-refractivity contribution in [3.05, 3.63) is 47.9 Å². The second-order valence-corrected chi connectivity index (χ2v) is 5.41. The molecule has 0 bridgehead atoms. The Balaban J connectivity index is 2.11. The number of methoxy groups -OCH3 is 1. The number of benzene rings is 1. The highest BCUT2D eigenvalue weighted by molar-refractivity contribution is 5.55. The van der Waals surface area contributed by atoms with E-state index >= 15 is 0 Å². The summed E-state index contributed by atoms with van der Waals surface area (Å²) in [4.78, 5) is 8.99. The molecular formula is C18H25N3O. The maximum absolute atomic E-state index is 4.99. The molecule has 0 spiro atoms. The van der Waals surface area contributed by atoms with Crippen molar-refractivity contribution in [1.82, 2.24) is 9.55 Å². The van der Waals surface area contributed by atoms with Crippen molar-refractivity contribution >= 4 is 12.2 Å². The molecule has 0 aliphatic rings. The van der Waals surface area contributed by atoms with E-state index in [1.807, 2.05) is 12.4 Å². The number of ether oxygens (including phenoxy) is 1. The molecule has 0 aliphatic heterocycles. The number of aromatic nitrogens is 2. The summed E-state index contributed by atoms with van der Waals surface area (Å²) in [5.74, 6) is 0.905. The van der Waals surface area contributed by atoms with Gasteiger partial charge in [0.05, 0.1) is 25.7 Å². The van der Waals surface area contributed by atoms with Crippen molar-refractivity contribution < 1.29 is 4.74 Å². The molecule has 0 saturated carbocycles. The third-order valence-electron chi connectivity index (χ3n) is 3.63. The molecule has 0 unspecified atom stereocenters. The van der Waals surface area contributed by atoms with Crippen LogP contribution in [0.25, 0.3) is 0 Å². The Morgan fingerprint density at radius 1 is 1.18 bits per heavy atom. The van der Waals surface area contributed by atoms with Gasteiger partial charge in [0.1, 0.15) is 0 Å². The van der Waals surface area contributed by atoms with Crippen LogP contribution < -0.4 is 0 Å². The SMILES string of the molecule is CCCCCCc1ncn(Cc2ccccc2)c1/N=C/OC. The third-order valence-corrected chi connectivity index (χ3v) is 3.63. The molecule has 22 heavy (non-hydrogen) atoms. The molecule has 0 radical (unpaired) electrons. The number of aryl methyl sites for hydroxylation is 1. The van der Waals surface area contributed by atoms with Crippen molar-refractivity contribution in [3.8, 4) is 0 Å². The standard InChI is InChI=1S/C18H25N3O/c1-3-4-5-9-12-17-18(20-15-22-2)21(14-19-17)13-16-10-7-6-8-11-16/h6-8,10-11,14-15H,3-5,9,12-13H2,1-2H3/b20-15+. The molecule has 0 amide bonds. The van der Waals surface area contributed by atoms with Crippen LogP contribution in [0.15, 0.2) is 41.7 Å². The highest BCUT2D eigenvalue weighted by atomic mass is 16.5. The Labute approximate surface area is 132 Å². The monoisotopic (exact) mass is 299 g/mol. The van der Waals surface area contributed by atoms with Crippen molar-refractivity contribution in [2.75, 3.05) is 7.11 Å². The topological polar surface area (TPSA) is 39.4 Å². The maximum Gasteiger partial charge on any atom is 0.175 e. The summed E-state index contributed by atoms with van der Waals surface area (Å²) in [5, 5.41) is 0. The zero-order chi connectivity index (χ0) is 15.6. The van der Waals surface area contributed by atoms with Gasteiger partial charge in [-0.1, -0.05) is 56.5 Å². The lowest BCUT2D eigenvalue weighted by molar-refractivity contribution is 0.422. The second kappa shape index (κ2) is 9.03. The molecule has 4 nitrogen and oxygen atoms in total. The Kier molecular flexibility index (Phi) is 6.68. The lowest BCUT2D eigenvalue weighted by Crippen LogP contribution is -1.98. The van der Waals surface area contributed by atoms with Gasteiger partial charge in [0.25, 0.3) is 0 Å². The fourth-order valence-corrected chi connectivity index (χ4v) is 2.46. The van der Waals surface area contributed by atoms with Crippen LogP contribution in [0.5, 0.6) is 0 Å². The van der Waals surface area contributed by atoms with Crippen LogP contribution in [0.4, 0.5) is 5.82 Å². The third kappa shape index (κ3) is 4.72. The first-order valence-corrected chi connectivity index (χ1v) is 7.98. The molecule has 118 valence electrons. The van der Waals surface area contributed by atoms with Crippen molar-refractivity contribution in [3.63, 3.8) is 0 Å². The largest absolute Gasteiger partial charge is 0.486 e. The van der Waals surface area contributed by atoms with E-state index in [2.05, 4.69) is 45.7 Å². The fraction of sp³-hybridized carbons (Fsp3) is 0.444. The summed E-state index contributed by atoms with van der Waals surface area (Å²) in [7, 11) is 1.61. The number of unbranched alkanes of at least 4 members (excludes halogenated alkanes) is 3. The molecule has 0 saturated heterocycles. The number of nitrogens with zero attached hydrogens (tertiary/aromatic N) is 3. The molecule has 0 fully saturated rings. The quantitative estimate of drug-likeness (QED) is 0.392. The molecule has 1 heterocycles. The van der Waals surface area contributed by atoms with E-state index in [4.69, 9.17) is 4.74 Å². The van der Waals surface area contributed by atoms with Crippen LogP contribution in [0, 0.1) is 0 Å². The van der Waals surface area contributed by atoms with Gasteiger partial charge in [-0.3, -0.25) is 0 Å². The summed E-state index contributed by atoms with van der Waals surface area (Å²) >= 11 is 0. The van der Waals surface area contributed by atoms with Crippen LogP contribution >= 0.6 is 0 Å². The fourth-order valence-electron chi connectivity index (χ4n) is 2.46. The van der Waals surface area contributed by atoms with Gasteiger partial charge in [-0.25, -0.2) is 9.98 Å². The molecule has 0 aliphatic carbocycles. The lowest BCUT2D eigenvalue weighted by atomic mass is 10.1. The van der Waals surface area contributed by atoms with E-state index in [-0.39, 0.29) is 0 Å². The maximum atomic E-state index is 4.99. The molecule has 1 aromatic heterocycles. The number of hydrogen-bond acceptors (Lipinski definition) is 3. The van der Waals surface area contributed by atoms with Gasteiger partial charge >= 0.3 is 0 Å². The minimum atomic E-state index is 0.777. The Morgan fingerprint density at radius 3 is 2.73 bits per heavy atom. The van der Waals surface area contributed by atoms with E-state index in [1.165, 1.54) is 31.2 Å². The van der Waals surface area contributed by atoms with E-state index in [0.717, 1.165) is 30.9 Å². The van der Waals surface area contributed by atoms with Crippen molar-refractivity contribution in [2.24, 2.45) is 4.99 Å². The molecule has 1 aromatic carbocycles. The van der Waals surface area contributed by atoms with E-state index in [0.29, 0.717) is 0 Å². The summed E-state index contributed by atoms with van der Waals surface area (Å²) in [6.07, 6.45) is 9.26. The normalized spacial score (nSPS) is 11.2. The second-order valence-electron chi connectivity index (χ2n) is 5.41. The van der Waals surface area contributed by atoms with Gasteiger partial charge in [0, 0.05) is 0 Å². The Morgan fingerprint density at radius 2 is 2.00 bits per heavy atom. The van der Waals surface area contributed by atoms with Gasteiger partial charge in [-0.05, 0) is 18.4 Å². The molecule has 0 N–H and O–H groups in total. The number of aliphatic imine (C=N–C) groups is 1. The smallest absolute Gasteiger partial charge is 0.175 e. The van der Waals surface area contributed by atoms with Crippen LogP contribution in [0.2, 0.25) is 0 Å². The first-order valence-electron chi connectivity index (χ1n) is 7.98. The summed E-state index contributed by atoms with van der Waals surface area (Å²) in [6.45, 7) is 3.00. The van der Waals surface area contributed by atoms with Crippen LogP contribution in [0.1, 0.15) is 43.9 Å². The minimum Gasteiger partial charge on any atom is -0.486 e. The average molecular weight is 299 g/mol. The molecular weight excluding hydrogens is 274 g/mol. The van der Waals surface area contributed by atoms with Gasteiger partial charge in [0.15, 0.2) is 12.2 Å². The predicted octanol–water partition coefficient (Wildman–Crippen LogP) is 4.36. The molecule has 4 heteroatoms. The van der Waals surface area contributed by atoms with Crippen LogP contribution in [-0.4, -0.2) is 23.1 Å². The first kappa shape index (κ1) is 16.3. The van der Waals surface area contributed by atoms with E-state index < -0.39 is 0 Å². The zero-order valence-electron chi connectivity index (χ0n) is 13.5. The molecule has 0 atom stereocenters. The van der Waals surface area contributed by atoms with Crippen molar-refractivity contribution in [1.29, 1.82) is 0 Å². The van der Waals surface area contributed by atoms with Crippen LogP contribution in [0.3, 0.4) is 0 Å². The minimum absolute atomic E-state index is 0.777. The molecule has 2 aromatic rings. The van der Waals surface area contributed by atoms with Gasteiger partial charge < -0.3 is 9.30 Å². The first-order chi connectivity index (χ1) is 10.8. The van der Waals surface area contributed by atoms with Gasteiger partial charge in [-0.2, -0.15) is 0 Å². The summed E-state index contributed by atoms with van der Waals surface area (Å²) in [6, 6.07) is 10.4. The highest BCUT2D eigenvalue weighted by Crippen LogP contribution is 2.22. The van der Waals surface area contributed by atoms with Crippen LogP contribution in [-0.2, 0) is 17.7 Å². The zero-order valence-corrected chi connectivity index (χ0v) is 13.5. The van der Waals surface area contributed by atoms with Gasteiger partial charge in [-0.15, -0.1) is 0 Å². The van der Waals surface area contributed by atoms with Crippen molar-refractivity contribution in [2.45, 2.75) is 45.6 Å². The Bertz CT molecular complexity index is 575. The van der Waals surface area contributed by atoms with Gasteiger partial charge in [0.2, 0.25) is 0 Å². The van der Waals surface area contributed by atoms with E-state index in [1.54, 1.807) is 7.11 Å². The predicted molar refractivity (Wildman–Crippen MR) is 90.8 cm³/mol. The summed E-state index contributed by atoms with van der Waals surface area (Å²) < 4.78 is 7.07. The lowest BCUT2D eigenvalue weighted by Gasteiger charge is -2.06. The molecule has 2 rings (SSSR count).